The van der Waals surface area contributed by atoms with Gasteiger partial charge < -0.3 is 20.2 Å². The van der Waals surface area contributed by atoms with Gasteiger partial charge in [0.1, 0.15) is 16.3 Å². The smallest absolute Gasteiger partial charge is 0.317 e. The molecule has 0 saturated heterocycles. The van der Waals surface area contributed by atoms with E-state index in [4.69, 9.17) is 14.9 Å². The van der Waals surface area contributed by atoms with Crippen LogP contribution in [0.15, 0.2) is 33.9 Å². The normalized spacial score (nSPS) is 13.8. The van der Waals surface area contributed by atoms with Crippen molar-refractivity contribution >= 4 is 57.0 Å². The fraction of sp³-hybridized carbons (Fsp3) is 0.300. The highest BCUT2D eigenvalue weighted by Crippen LogP contribution is 2.38. The average molecular weight is 446 g/mol. The molecule has 2 aromatic heterocycles. The number of ether oxygens (including phenoxy) is 1. The Labute approximate surface area is 180 Å². The molecule has 1 aliphatic rings. The highest BCUT2D eigenvalue weighted by molar-refractivity contribution is 7.99. The lowest BCUT2D eigenvalue weighted by Crippen LogP contribution is -2.31. The molecule has 156 valence electrons. The zero-order chi connectivity index (χ0) is 21.3. The Morgan fingerprint density at radius 1 is 1.33 bits per heavy atom. The predicted molar refractivity (Wildman–Crippen MR) is 114 cm³/mol. The van der Waals surface area contributed by atoms with E-state index in [1.807, 2.05) is 18.2 Å². The summed E-state index contributed by atoms with van der Waals surface area (Å²) in [5.74, 6) is -1.71. The summed E-state index contributed by atoms with van der Waals surface area (Å²) in [4.78, 5) is 41.8. The number of esters is 1. The number of fused-ring (bicyclic) bond motifs is 2. The summed E-state index contributed by atoms with van der Waals surface area (Å²) >= 11 is 2.44. The molecule has 1 atom stereocenters. The Balaban J connectivity index is 1.33. The molecule has 0 saturated carbocycles. The number of thiophene rings is 1. The SMILES string of the molecule is CC(OC(=O)CSc1nc2ccccc2o1)C(=O)Nc1sc2c(c1C(N)=O)CCC2. The van der Waals surface area contributed by atoms with Crippen molar-refractivity contribution in [2.75, 3.05) is 11.1 Å². The lowest BCUT2D eigenvalue weighted by molar-refractivity contribution is -0.150. The highest BCUT2D eigenvalue weighted by Gasteiger charge is 2.28. The number of carbonyl (C=O) groups excluding carboxylic acids is 3. The molecule has 0 fully saturated rings. The van der Waals surface area contributed by atoms with Gasteiger partial charge in [-0.25, -0.2) is 4.98 Å². The molecule has 8 nitrogen and oxygen atoms in total. The van der Waals surface area contributed by atoms with Gasteiger partial charge in [0, 0.05) is 4.88 Å². The van der Waals surface area contributed by atoms with Crippen molar-refractivity contribution in [3.8, 4) is 0 Å². The molecule has 1 aliphatic carbocycles. The molecular formula is C20H19N3O5S2. The molecule has 2 heterocycles. The third-order valence-corrected chi connectivity index (χ3v) is 6.68. The summed E-state index contributed by atoms with van der Waals surface area (Å²) in [6.07, 6.45) is 1.59. The van der Waals surface area contributed by atoms with Gasteiger partial charge in [-0.15, -0.1) is 11.3 Å². The summed E-state index contributed by atoms with van der Waals surface area (Å²) in [5.41, 5.74) is 8.12. The van der Waals surface area contributed by atoms with Gasteiger partial charge in [-0.05, 0) is 43.9 Å². The van der Waals surface area contributed by atoms with Gasteiger partial charge in [-0.1, -0.05) is 23.9 Å². The van der Waals surface area contributed by atoms with Crippen LogP contribution in [0.25, 0.3) is 11.1 Å². The number of anilines is 1. The van der Waals surface area contributed by atoms with Gasteiger partial charge in [-0.3, -0.25) is 14.4 Å². The quantitative estimate of drug-likeness (QED) is 0.423. The van der Waals surface area contributed by atoms with Crippen molar-refractivity contribution in [3.05, 3.63) is 40.3 Å². The van der Waals surface area contributed by atoms with Crippen molar-refractivity contribution in [1.29, 1.82) is 0 Å². The topological polar surface area (TPSA) is 125 Å². The first-order chi connectivity index (χ1) is 14.4. The van der Waals surface area contributed by atoms with Gasteiger partial charge in [0.15, 0.2) is 11.7 Å². The maximum absolute atomic E-state index is 12.5. The number of benzene rings is 1. The Hall–Kier alpha value is -2.85. The third-order valence-electron chi connectivity index (χ3n) is 4.67. The highest BCUT2D eigenvalue weighted by atomic mass is 32.2. The molecule has 1 unspecified atom stereocenters. The van der Waals surface area contributed by atoms with Crippen molar-refractivity contribution in [2.24, 2.45) is 5.73 Å². The molecular weight excluding hydrogens is 426 g/mol. The van der Waals surface area contributed by atoms with E-state index in [1.54, 1.807) is 6.07 Å². The molecule has 10 heteroatoms. The molecule has 4 rings (SSSR count). The van der Waals surface area contributed by atoms with E-state index < -0.39 is 23.9 Å². The monoisotopic (exact) mass is 445 g/mol. The number of carbonyl (C=O) groups is 3. The number of para-hydroxylation sites is 2. The van der Waals surface area contributed by atoms with Crippen molar-refractivity contribution in [2.45, 2.75) is 37.5 Å². The van der Waals surface area contributed by atoms with E-state index in [1.165, 1.54) is 18.3 Å². The van der Waals surface area contributed by atoms with Gasteiger partial charge >= 0.3 is 5.97 Å². The summed E-state index contributed by atoms with van der Waals surface area (Å²) in [6.45, 7) is 1.47. The fourth-order valence-electron chi connectivity index (χ4n) is 3.28. The lowest BCUT2D eigenvalue weighted by atomic mass is 10.1. The first-order valence-electron chi connectivity index (χ1n) is 9.35. The van der Waals surface area contributed by atoms with Crippen LogP contribution in [0.2, 0.25) is 0 Å². The molecule has 3 N–H and O–H groups in total. The second-order valence-corrected chi connectivity index (χ2v) is 8.81. The van der Waals surface area contributed by atoms with E-state index >= 15 is 0 Å². The van der Waals surface area contributed by atoms with Crippen LogP contribution in [0.3, 0.4) is 0 Å². The minimum atomic E-state index is -1.03. The van der Waals surface area contributed by atoms with Crippen LogP contribution in [0, 0.1) is 0 Å². The number of hydrogen-bond donors (Lipinski definition) is 2. The molecule has 2 amide bonds. The number of amides is 2. The summed E-state index contributed by atoms with van der Waals surface area (Å²) in [7, 11) is 0. The fourth-order valence-corrected chi connectivity index (χ4v) is 5.20. The Kier molecular flexibility index (Phi) is 5.78. The number of nitrogens with two attached hydrogens (primary N) is 1. The Morgan fingerprint density at radius 3 is 2.90 bits per heavy atom. The third kappa shape index (κ3) is 4.19. The van der Waals surface area contributed by atoms with Gasteiger partial charge in [0.2, 0.25) is 0 Å². The number of rotatable bonds is 7. The average Bonchev–Trinajstić information content (AvgIpc) is 3.39. The van der Waals surface area contributed by atoms with E-state index in [0.717, 1.165) is 41.5 Å². The second kappa shape index (κ2) is 8.49. The van der Waals surface area contributed by atoms with Crippen LogP contribution in [0.5, 0.6) is 0 Å². The van der Waals surface area contributed by atoms with E-state index in [0.29, 0.717) is 26.9 Å². The maximum Gasteiger partial charge on any atom is 0.317 e. The standard InChI is InChI=1S/C20H19N3O5S2/c1-10(18(26)23-19-16(17(21)25)11-5-4-8-14(11)30-19)27-15(24)9-29-20-22-12-6-2-3-7-13(12)28-20/h2-3,6-7,10H,4-5,8-9H2,1H3,(H2,21,25)(H,23,26). The first kappa shape index (κ1) is 20.4. The maximum atomic E-state index is 12.5. The molecule has 1 aromatic carbocycles. The van der Waals surface area contributed by atoms with E-state index in [-0.39, 0.29) is 5.75 Å². The lowest BCUT2D eigenvalue weighted by Gasteiger charge is -2.13. The van der Waals surface area contributed by atoms with Crippen LogP contribution >= 0.6 is 23.1 Å². The summed E-state index contributed by atoms with van der Waals surface area (Å²) in [5, 5.41) is 3.45. The van der Waals surface area contributed by atoms with Crippen molar-refractivity contribution in [3.63, 3.8) is 0 Å². The summed E-state index contributed by atoms with van der Waals surface area (Å²) in [6, 6.07) is 7.29. The van der Waals surface area contributed by atoms with Crippen LogP contribution in [0.4, 0.5) is 5.00 Å². The molecule has 30 heavy (non-hydrogen) atoms. The molecule has 0 radical (unpaired) electrons. The second-order valence-electron chi connectivity index (χ2n) is 6.78. The number of thioether (sulfide) groups is 1. The molecule has 3 aromatic rings. The number of primary amides is 1. The van der Waals surface area contributed by atoms with Crippen molar-refractivity contribution in [1.82, 2.24) is 4.98 Å². The Bertz CT molecular complexity index is 1100. The summed E-state index contributed by atoms with van der Waals surface area (Å²) < 4.78 is 10.7. The first-order valence-corrected chi connectivity index (χ1v) is 11.2. The molecule has 0 bridgehead atoms. The predicted octanol–water partition coefficient (Wildman–Crippen LogP) is 3.14. The number of oxazole rings is 1. The van der Waals surface area contributed by atoms with E-state index in [9.17, 15) is 14.4 Å². The number of nitrogens with zero attached hydrogens (tertiary/aromatic N) is 1. The Morgan fingerprint density at radius 2 is 2.13 bits per heavy atom. The largest absolute Gasteiger partial charge is 0.452 e. The van der Waals surface area contributed by atoms with Crippen LogP contribution in [0.1, 0.15) is 34.1 Å². The zero-order valence-electron chi connectivity index (χ0n) is 16.1. The van der Waals surface area contributed by atoms with Gasteiger partial charge in [0.25, 0.3) is 17.0 Å². The zero-order valence-corrected chi connectivity index (χ0v) is 17.7. The minimum Gasteiger partial charge on any atom is -0.452 e. The van der Waals surface area contributed by atoms with Crippen LogP contribution in [-0.2, 0) is 27.2 Å². The minimum absolute atomic E-state index is 0.0513. The van der Waals surface area contributed by atoms with E-state index in [2.05, 4.69) is 10.3 Å². The molecule has 0 spiro atoms. The van der Waals surface area contributed by atoms with Gasteiger partial charge in [0.05, 0.1) is 5.56 Å². The van der Waals surface area contributed by atoms with Crippen molar-refractivity contribution < 1.29 is 23.5 Å². The number of nitrogens with one attached hydrogen (secondary N) is 1. The number of aromatic nitrogens is 1. The van der Waals surface area contributed by atoms with Crippen LogP contribution in [-0.4, -0.2) is 34.6 Å². The van der Waals surface area contributed by atoms with Gasteiger partial charge in [-0.2, -0.15) is 0 Å². The molecule has 0 aliphatic heterocycles. The number of hydrogen-bond acceptors (Lipinski definition) is 8. The number of aryl methyl sites for hydroxylation is 1. The van der Waals surface area contributed by atoms with Crippen LogP contribution < -0.4 is 11.1 Å².